The molecule has 0 aromatic heterocycles. The fourth-order valence-electron chi connectivity index (χ4n) is 2.35. The fraction of sp³-hybridized carbons (Fsp3) is 0.538. The molecule has 7 heteroatoms. The van der Waals surface area contributed by atoms with Gasteiger partial charge >= 0.3 is 0 Å². The van der Waals surface area contributed by atoms with E-state index in [0.717, 1.165) is 24.9 Å². The molecule has 0 radical (unpaired) electrons. The van der Waals surface area contributed by atoms with Crippen molar-refractivity contribution >= 4 is 34.0 Å². The lowest BCUT2D eigenvalue weighted by atomic mass is 10.0. The molecule has 2 rings (SSSR count). The molecule has 1 aliphatic heterocycles. The van der Waals surface area contributed by atoms with Crippen LogP contribution in [-0.2, 0) is 10.0 Å². The summed E-state index contributed by atoms with van der Waals surface area (Å²) >= 11 is 6.09. The smallest absolute Gasteiger partial charge is 0.242 e. The van der Waals surface area contributed by atoms with Crippen molar-refractivity contribution in [2.24, 2.45) is 0 Å². The zero-order valence-electron chi connectivity index (χ0n) is 11.5. The van der Waals surface area contributed by atoms with Crippen molar-refractivity contribution in [2.45, 2.75) is 43.7 Å². The number of aryl methyl sites for hydroxylation is 1. The molecule has 4 nitrogen and oxygen atoms in total. The minimum absolute atomic E-state index is 0. The molecule has 1 aromatic carbocycles. The van der Waals surface area contributed by atoms with E-state index in [0.29, 0.717) is 11.1 Å². The molecule has 0 spiro atoms. The van der Waals surface area contributed by atoms with Gasteiger partial charge in [-0.15, -0.1) is 12.4 Å². The summed E-state index contributed by atoms with van der Waals surface area (Å²) in [5.41, 5.74) is 0.767. The van der Waals surface area contributed by atoms with Crippen LogP contribution < -0.4 is 10.0 Å². The van der Waals surface area contributed by atoms with Crippen LogP contribution in [0.15, 0.2) is 23.1 Å². The molecule has 20 heavy (non-hydrogen) atoms. The van der Waals surface area contributed by atoms with Crippen molar-refractivity contribution in [2.75, 3.05) is 6.54 Å². The topological polar surface area (TPSA) is 58.2 Å². The van der Waals surface area contributed by atoms with Gasteiger partial charge in [-0.2, -0.15) is 0 Å². The Balaban J connectivity index is 0.00000200. The van der Waals surface area contributed by atoms with Gasteiger partial charge in [0.05, 0.1) is 5.02 Å². The largest absolute Gasteiger partial charge is 0.314 e. The van der Waals surface area contributed by atoms with E-state index < -0.39 is 10.0 Å². The average molecular weight is 339 g/mol. The van der Waals surface area contributed by atoms with Gasteiger partial charge in [-0.25, -0.2) is 13.1 Å². The third-order valence-electron chi connectivity index (χ3n) is 3.39. The Labute approximate surface area is 131 Å². The fourth-order valence-corrected chi connectivity index (χ4v) is 4.22. The lowest BCUT2D eigenvalue weighted by molar-refractivity contribution is 0.361. The molecular formula is C13H20Cl2N2O2S. The highest BCUT2D eigenvalue weighted by molar-refractivity contribution is 7.89. The highest BCUT2D eigenvalue weighted by Gasteiger charge is 2.26. The van der Waals surface area contributed by atoms with E-state index in [2.05, 4.69) is 17.0 Å². The van der Waals surface area contributed by atoms with Crippen molar-refractivity contribution in [3.8, 4) is 0 Å². The van der Waals surface area contributed by atoms with Crippen molar-refractivity contribution in [3.63, 3.8) is 0 Å². The van der Waals surface area contributed by atoms with Crippen LogP contribution in [-0.4, -0.2) is 27.0 Å². The number of sulfonamides is 1. The molecular weight excluding hydrogens is 319 g/mol. The molecule has 0 amide bonds. The highest BCUT2D eigenvalue weighted by Crippen LogP contribution is 2.25. The Kier molecular flexibility index (Phi) is 6.28. The predicted octanol–water partition coefficient (Wildman–Crippen LogP) is 2.49. The molecule has 1 fully saturated rings. The maximum atomic E-state index is 12.4. The third-order valence-corrected chi connectivity index (χ3v) is 5.57. The second-order valence-corrected chi connectivity index (χ2v) is 7.15. The number of piperidine rings is 1. The monoisotopic (exact) mass is 338 g/mol. The minimum Gasteiger partial charge on any atom is -0.314 e. The van der Waals surface area contributed by atoms with E-state index in [4.69, 9.17) is 11.6 Å². The van der Waals surface area contributed by atoms with Crippen LogP contribution in [0.1, 0.15) is 25.3 Å². The summed E-state index contributed by atoms with van der Waals surface area (Å²) in [6.45, 7) is 4.68. The first-order valence-electron chi connectivity index (χ1n) is 6.41. The van der Waals surface area contributed by atoms with Crippen LogP contribution >= 0.6 is 24.0 Å². The molecule has 0 aliphatic carbocycles. The minimum atomic E-state index is -3.55. The Morgan fingerprint density at radius 3 is 2.75 bits per heavy atom. The van der Waals surface area contributed by atoms with Gasteiger partial charge in [-0.1, -0.05) is 23.7 Å². The molecule has 0 bridgehead atoms. The van der Waals surface area contributed by atoms with Crippen molar-refractivity contribution < 1.29 is 8.42 Å². The summed E-state index contributed by atoms with van der Waals surface area (Å²) in [7, 11) is -3.55. The molecule has 1 aliphatic rings. The first kappa shape index (κ1) is 17.7. The number of benzene rings is 1. The van der Waals surface area contributed by atoms with Gasteiger partial charge in [0.1, 0.15) is 4.90 Å². The summed E-state index contributed by atoms with van der Waals surface area (Å²) in [5.74, 6) is 0. The Morgan fingerprint density at radius 1 is 1.40 bits per heavy atom. The van der Waals surface area contributed by atoms with Gasteiger partial charge in [-0.3, -0.25) is 0 Å². The lowest BCUT2D eigenvalue weighted by Gasteiger charge is -2.28. The second-order valence-electron chi connectivity index (χ2n) is 5.08. The number of hydrogen-bond acceptors (Lipinski definition) is 3. The Hall–Kier alpha value is -0.330. The predicted molar refractivity (Wildman–Crippen MR) is 84.2 cm³/mol. The van der Waals surface area contributed by atoms with E-state index in [1.807, 2.05) is 0 Å². The number of hydrogen-bond donors (Lipinski definition) is 2. The number of nitrogens with one attached hydrogen (secondary N) is 2. The lowest BCUT2D eigenvalue weighted by Crippen LogP contribution is -2.46. The van der Waals surface area contributed by atoms with Gasteiger partial charge in [0, 0.05) is 12.1 Å². The summed E-state index contributed by atoms with van der Waals surface area (Å²) < 4.78 is 27.5. The normalized spacial score (nSPS) is 23.1. The summed E-state index contributed by atoms with van der Waals surface area (Å²) in [6.07, 6.45) is 1.59. The molecule has 114 valence electrons. The quantitative estimate of drug-likeness (QED) is 0.890. The van der Waals surface area contributed by atoms with Crippen molar-refractivity contribution in [3.05, 3.63) is 28.8 Å². The summed E-state index contributed by atoms with van der Waals surface area (Å²) in [4.78, 5) is 0.167. The maximum absolute atomic E-state index is 12.4. The Bertz CT molecular complexity index is 563. The number of halogens is 2. The third kappa shape index (κ3) is 4.09. The van der Waals surface area contributed by atoms with E-state index in [1.54, 1.807) is 25.1 Å². The average Bonchev–Trinajstić information content (AvgIpc) is 2.32. The van der Waals surface area contributed by atoms with Crippen molar-refractivity contribution in [1.29, 1.82) is 0 Å². The molecule has 0 saturated carbocycles. The van der Waals surface area contributed by atoms with Crippen LogP contribution in [0.25, 0.3) is 0 Å². The first-order chi connectivity index (χ1) is 8.90. The van der Waals surface area contributed by atoms with Gasteiger partial charge in [-0.05, 0) is 44.9 Å². The van der Waals surface area contributed by atoms with Crippen molar-refractivity contribution in [1.82, 2.24) is 10.0 Å². The second kappa shape index (κ2) is 7.09. The number of rotatable bonds is 3. The van der Waals surface area contributed by atoms with E-state index in [1.165, 1.54) is 0 Å². The molecule has 1 aromatic rings. The van der Waals surface area contributed by atoms with Crippen LogP contribution in [0.5, 0.6) is 0 Å². The van der Waals surface area contributed by atoms with Gasteiger partial charge in [0.2, 0.25) is 10.0 Å². The van der Waals surface area contributed by atoms with Gasteiger partial charge in [0.25, 0.3) is 0 Å². The van der Waals surface area contributed by atoms with E-state index >= 15 is 0 Å². The van der Waals surface area contributed by atoms with E-state index in [9.17, 15) is 8.42 Å². The molecule has 2 N–H and O–H groups in total. The van der Waals surface area contributed by atoms with Crippen LogP contribution in [0.2, 0.25) is 5.02 Å². The summed E-state index contributed by atoms with van der Waals surface area (Å²) in [5, 5.41) is 3.60. The van der Waals surface area contributed by atoms with Crippen LogP contribution in [0, 0.1) is 6.92 Å². The Morgan fingerprint density at radius 2 is 2.10 bits per heavy atom. The van der Waals surface area contributed by atoms with Gasteiger partial charge in [0.15, 0.2) is 0 Å². The zero-order valence-corrected chi connectivity index (χ0v) is 13.9. The molecule has 2 unspecified atom stereocenters. The van der Waals surface area contributed by atoms with E-state index in [-0.39, 0.29) is 23.3 Å². The maximum Gasteiger partial charge on any atom is 0.242 e. The first-order valence-corrected chi connectivity index (χ1v) is 8.27. The highest BCUT2D eigenvalue weighted by atomic mass is 35.5. The van der Waals surface area contributed by atoms with Gasteiger partial charge < -0.3 is 5.32 Å². The summed E-state index contributed by atoms with van der Waals surface area (Å²) in [6, 6.07) is 5.35. The molecule has 2 atom stereocenters. The molecule has 1 saturated heterocycles. The SMILES string of the molecule is Cc1cccc(S(=O)(=O)NC2CCNC(C)C2)c1Cl.Cl. The zero-order chi connectivity index (χ0) is 14.0. The standard InChI is InChI=1S/C13H19ClN2O2S.ClH/c1-9-4-3-5-12(13(9)14)19(17,18)16-11-6-7-15-10(2)8-11;/h3-5,10-11,15-16H,6-8H2,1-2H3;1H. The van der Waals surface area contributed by atoms with Crippen LogP contribution in [0.3, 0.4) is 0 Å². The molecule has 1 heterocycles. The van der Waals surface area contributed by atoms with Crippen LogP contribution in [0.4, 0.5) is 0 Å².